The van der Waals surface area contributed by atoms with Crippen LogP contribution in [0.4, 0.5) is 0 Å². The van der Waals surface area contributed by atoms with Crippen molar-refractivity contribution >= 4 is 11.9 Å². The summed E-state index contributed by atoms with van der Waals surface area (Å²) < 4.78 is 5.58. The van der Waals surface area contributed by atoms with E-state index in [2.05, 4.69) is 0 Å². The number of amides is 1. The van der Waals surface area contributed by atoms with Gasteiger partial charge in [-0.2, -0.15) is 0 Å². The van der Waals surface area contributed by atoms with Gasteiger partial charge in [-0.05, 0) is 26.2 Å². The monoisotopic (exact) mass is 285 g/mol. The summed E-state index contributed by atoms with van der Waals surface area (Å²) >= 11 is 0. The van der Waals surface area contributed by atoms with E-state index in [1.54, 1.807) is 0 Å². The molecule has 0 radical (unpaired) electrons. The molecule has 116 valence electrons. The van der Waals surface area contributed by atoms with Crippen LogP contribution in [-0.2, 0) is 14.3 Å². The average molecular weight is 285 g/mol. The zero-order valence-electron chi connectivity index (χ0n) is 13.0. The maximum atomic E-state index is 12.6. The van der Waals surface area contributed by atoms with Crippen LogP contribution in [0.3, 0.4) is 0 Å². The smallest absolute Gasteiger partial charge is 0.310 e. The summed E-state index contributed by atoms with van der Waals surface area (Å²) in [5, 5.41) is 9.45. The lowest BCUT2D eigenvalue weighted by molar-refractivity contribution is -0.158. The number of carbonyl (C=O) groups is 2. The van der Waals surface area contributed by atoms with Crippen molar-refractivity contribution in [3.63, 3.8) is 0 Å². The molecule has 0 aromatic carbocycles. The molecule has 0 bridgehead atoms. The van der Waals surface area contributed by atoms with Crippen molar-refractivity contribution < 1.29 is 19.4 Å². The maximum absolute atomic E-state index is 12.6. The van der Waals surface area contributed by atoms with Crippen LogP contribution in [0.2, 0.25) is 0 Å². The molecular formula is C15H27NO4. The van der Waals surface area contributed by atoms with E-state index in [1.807, 2.05) is 32.6 Å². The van der Waals surface area contributed by atoms with Gasteiger partial charge in [0.2, 0.25) is 5.91 Å². The van der Waals surface area contributed by atoms with Crippen LogP contribution in [0.15, 0.2) is 0 Å². The Bertz CT molecular complexity index is 352. The summed E-state index contributed by atoms with van der Waals surface area (Å²) in [4.78, 5) is 25.9. The number of carboxylic acid groups (broad SMARTS) is 1. The topological polar surface area (TPSA) is 66.8 Å². The Morgan fingerprint density at radius 3 is 2.35 bits per heavy atom. The molecule has 20 heavy (non-hydrogen) atoms. The van der Waals surface area contributed by atoms with Gasteiger partial charge in [-0.25, -0.2) is 0 Å². The summed E-state index contributed by atoms with van der Waals surface area (Å²) in [5.41, 5.74) is -0.934. The molecule has 2 atom stereocenters. The molecule has 0 spiro atoms. The van der Waals surface area contributed by atoms with E-state index in [0.717, 1.165) is 6.42 Å². The molecular weight excluding hydrogens is 258 g/mol. The number of nitrogens with zero attached hydrogens (tertiary/aromatic N) is 1. The zero-order chi connectivity index (χ0) is 15.3. The van der Waals surface area contributed by atoms with Gasteiger partial charge in [-0.3, -0.25) is 9.59 Å². The third-order valence-corrected chi connectivity index (χ3v) is 4.56. The van der Waals surface area contributed by atoms with Crippen molar-refractivity contribution in [3.8, 4) is 0 Å². The number of rotatable bonds is 6. The maximum Gasteiger partial charge on any atom is 0.310 e. The van der Waals surface area contributed by atoms with E-state index in [-0.39, 0.29) is 24.5 Å². The molecule has 0 aromatic rings. The standard InChI is InChI=1S/C15H27NO4/c1-5-12-10-20-11(4)9-16(12)13(17)8-15(6-2,7-3)14(18)19/h11-12H,5-10H2,1-4H3,(H,18,19). The minimum Gasteiger partial charge on any atom is -0.481 e. The van der Waals surface area contributed by atoms with E-state index in [1.165, 1.54) is 0 Å². The van der Waals surface area contributed by atoms with Gasteiger partial charge >= 0.3 is 5.97 Å². The fourth-order valence-electron chi connectivity index (χ4n) is 2.76. The van der Waals surface area contributed by atoms with Crippen molar-refractivity contribution in [3.05, 3.63) is 0 Å². The third kappa shape index (κ3) is 3.51. The number of hydrogen-bond acceptors (Lipinski definition) is 3. The number of aliphatic carboxylic acids is 1. The van der Waals surface area contributed by atoms with Crippen molar-refractivity contribution in [1.29, 1.82) is 0 Å². The van der Waals surface area contributed by atoms with Gasteiger partial charge in [0.25, 0.3) is 0 Å². The lowest BCUT2D eigenvalue weighted by atomic mass is 9.78. The molecule has 1 N–H and O–H groups in total. The largest absolute Gasteiger partial charge is 0.481 e. The Hall–Kier alpha value is -1.10. The molecule has 1 saturated heterocycles. The summed E-state index contributed by atoms with van der Waals surface area (Å²) in [5.74, 6) is -0.927. The second kappa shape index (κ2) is 7.07. The van der Waals surface area contributed by atoms with Crippen LogP contribution in [0.1, 0.15) is 53.4 Å². The fourth-order valence-corrected chi connectivity index (χ4v) is 2.76. The molecule has 1 heterocycles. The SMILES string of the molecule is CCC1COC(C)CN1C(=O)CC(CC)(CC)C(=O)O. The normalized spacial score (nSPS) is 23.7. The molecule has 0 aromatic heterocycles. The molecule has 0 aliphatic carbocycles. The van der Waals surface area contributed by atoms with E-state index in [9.17, 15) is 14.7 Å². The van der Waals surface area contributed by atoms with Crippen LogP contribution in [0.5, 0.6) is 0 Å². The van der Waals surface area contributed by atoms with E-state index in [4.69, 9.17) is 4.74 Å². The lowest BCUT2D eigenvalue weighted by Crippen LogP contribution is -2.52. The Morgan fingerprint density at radius 2 is 1.90 bits per heavy atom. The number of carboxylic acids is 1. The van der Waals surface area contributed by atoms with Crippen LogP contribution in [-0.4, -0.2) is 47.2 Å². The predicted molar refractivity (Wildman–Crippen MR) is 76.5 cm³/mol. The fraction of sp³-hybridized carbons (Fsp3) is 0.867. The van der Waals surface area contributed by atoms with Crippen molar-refractivity contribution in [2.45, 2.75) is 65.5 Å². The van der Waals surface area contributed by atoms with Gasteiger partial charge in [-0.15, -0.1) is 0 Å². The minimum absolute atomic E-state index is 0.0178. The quantitative estimate of drug-likeness (QED) is 0.813. The van der Waals surface area contributed by atoms with Crippen molar-refractivity contribution in [2.24, 2.45) is 5.41 Å². The first-order chi connectivity index (χ1) is 9.40. The summed E-state index contributed by atoms with van der Waals surface area (Å²) in [6.45, 7) is 8.74. The summed E-state index contributed by atoms with van der Waals surface area (Å²) in [6, 6.07) is 0.0684. The van der Waals surface area contributed by atoms with Gasteiger partial charge < -0.3 is 14.7 Å². The second-order valence-electron chi connectivity index (χ2n) is 5.72. The molecule has 5 heteroatoms. The molecule has 5 nitrogen and oxygen atoms in total. The van der Waals surface area contributed by atoms with E-state index >= 15 is 0 Å². The highest BCUT2D eigenvalue weighted by Crippen LogP contribution is 2.32. The molecule has 1 amide bonds. The van der Waals surface area contributed by atoms with E-state index < -0.39 is 11.4 Å². The van der Waals surface area contributed by atoms with Crippen LogP contribution >= 0.6 is 0 Å². The Labute approximate surface area is 121 Å². The van der Waals surface area contributed by atoms with Gasteiger partial charge in [-0.1, -0.05) is 20.8 Å². The van der Waals surface area contributed by atoms with Gasteiger partial charge in [0, 0.05) is 13.0 Å². The Morgan fingerprint density at radius 1 is 1.30 bits per heavy atom. The van der Waals surface area contributed by atoms with Gasteiger partial charge in [0.05, 0.1) is 24.2 Å². The molecule has 1 rings (SSSR count). The van der Waals surface area contributed by atoms with Crippen molar-refractivity contribution in [1.82, 2.24) is 4.90 Å². The first-order valence-corrected chi connectivity index (χ1v) is 7.54. The van der Waals surface area contributed by atoms with E-state index in [0.29, 0.717) is 26.0 Å². The lowest BCUT2D eigenvalue weighted by Gasteiger charge is -2.40. The van der Waals surface area contributed by atoms with Crippen LogP contribution in [0.25, 0.3) is 0 Å². The first-order valence-electron chi connectivity index (χ1n) is 7.54. The minimum atomic E-state index is -0.934. The summed E-state index contributed by atoms with van der Waals surface area (Å²) in [7, 11) is 0. The Kier molecular flexibility index (Phi) is 5.99. The second-order valence-corrected chi connectivity index (χ2v) is 5.72. The zero-order valence-corrected chi connectivity index (χ0v) is 13.0. The molecule has 2 unspecified atom stereocenters. The molecule has 1 fully saturated rings. The number of ether oxygens (including phenoxy) is 1. The molecule has 1 aliphatic rings. The summed E-state index contributed by atoms with van der Waals surface area (Å²) in [6.07, 6.45) is 1.88. The highest BCUT2D eigenvalue weighted by atomic mass is 16.5. The van der Waals surface area contributed by atoms with Gasteiger partial charge in [0.1, 0.15) is 0 Å². The molecule has 1 aliphatic heterocycles. The predicted octanol–water partition coefficient (Wildman–Crippen LogP) is 2.29. The number of hydrogen-bond donors (Lipinski definition) is 1. The number of morpholine rings is 1. The highest BCUT2D eigenvalue weighted by molar-refractivity contribution is 5.85. The third-order valence-electron chi connectivity index (χ3n) is 4.56. The first kappa shape index (κ1) is 17.0. The van der Waals surface area contributed by atoms with Gasteiger partial charge in [0.15, 0.2) is 0 Å². The number of carbonyl (C=O) groups excluding carboxylic acids is 1. The van der Waals surface area contributed by atoms with Crippen LogP contribution < -0.4 is 0 Å². The average Bonchev–Trinajstić information content (AvgIpc) is 2.44. The Balaban J connectivity index is 2.84. The molecule has 0 saturated carbocycles. The highest BCUT2D eigenvalue weighted by Gasteiger charge is 2.40. The van der Waals surface area contributed by atoms with Crippen molar-refractivity contribution in [2.75, 3.05) is 13.2 Å². The van der Waals surface area contributed by atoms with Crippen LogP contribution in [0, 0.1) is 5.41 Å².